The maximum atomic E-state index is 12.5. The maximum absolute atomic E-state index is 12.5. The molecule has 0 fully saturated rings. The van der Waals surface area contributed by atoms with Gasteiger partial charge in [0.25, 0.3) is 5.91 Å². The van der Waals surface area contributed by atoms with Gasteiger partial charge in [0, 0.05) is 6.42 Å². The number of esters is 1. The molecule has 2 aromatic carbocycles. The molecule has 0 radical (unpaired) electrons. The third kappa shape index (κ3) is 6.15. The van der Waals surface area contributed by atoms with Crippen LogP contribution >= 0.6 is 23.2 Å². The second-order valence-electron chi connectivity index (χ2n) is 5.81. The molecule has 0 spiro atoms. The molecule has 2 unspecified atom stereocenters. The minimum absolute atomic E-state index is 0.226. The molecule has 5 nitrogen and oxygen atoms in total. The van der Waals surface area contributed by atoms with E-state index in [0.717, 1.165) is 5.56 Å². The van der Waals surface area contributed by atoms with Gasteiger partial charge in [0.15, 0.2) is 6.10 Å². The molecule has 144 valence electrons. The fraction of sp³-hybridized carbons (Fsp3) is 0.300. The quantitative estimate of drug-likeness (QED) is 0.667. The summed E-state index contributed by atoms with van der Waals surface area (Å²) in [6.07, 6.45) is -0.565. The lowest BCUT2D eigenvalue weighted by Crippen LogP contribution is -2.48. The zero-order chi connectivity index (χ0) is 19.8. The highest BCUT2D eigenvalue weighted by atomic mass is 35.5. The highest BCUT2D eigenvalue weighted by Gasteiger charge is 2.26. The highest BCUT2D eigenvalue weighted by Crippen LogP contribution is 2.32. The molecule has 0 bridgehead atoms. The number of halogens is 2. The SMILES string of the molecule is CCOC(=O)C(Cc1ccccc1)NC(=O)C(C)Oc1cccc(Cl)c1Cl. The molecule has 0 aliphatic heterocycles. The molecular weight excluding hydrogens is 389 g/mol. The van der Waals surface area contributed by atoms with E-state index in [1.165, 1.54) is 0 Å². The lowest BCUT2D eigenvalue weighted by atomic mass is 10.1. The van der Waals surface area contributed by atoms with Crippen molar-refractivity contribution in [1.29, 1.82) is 0 Å². The van der Waals surface area contributed by atoms with Crippen LogP contribution in [0, 0.1) is 0 Å². The van der Waals surface area contributed by atoms with Gasteiger partial charge >= 0.3 is 5.97 Å². The molecule has 0 aliphatic rings. The number of benzene rings is 2. The smallest absolute Gasteiger partial charge is 0.328 e. The number of hydrogen-bond donors (Lipinski definition) is 1. The average Bonchev–Trinajstić information content (AvgIpc) is 2.65. The van der Waals surface area contributed by atoms with E-state index in [9.17, 15) is 9.59 Å². The summed E-state index contributed by atoms with van der Waals surface area (Å²) in [6, 6.07) is 13.5. The van der Waals surface area contributed by atoms with Gasteiger partial charge in [-0.05, 0) is 31.5 Å². The fourth-order valence-corrected chi connectivity index (χ4v) is 2.73. The summed E-state index contributed by atoms with van der Waals surface area (Å²) in [5, 5.41) is 3.25. The van der Waals surface area contributed by atoms with Crippen LogP contribution in [0.25, 0.3) is 0 Å². The summed E-state index contributed by atoms with van der Waals surface area (Å²) < 4.78 is 10.7. The predicted octanol–water partition coefficient (Wildman–Crippen LogP) is 4.05. The number of amides is 1. The van der Waals surface area contributed by atoms with Crippen LogP contribution in [0.2, 0.25) is 10.0 Å². The Kier molecular flexibility index (Phi) is 7.95. The van der Waals surface area contributed by atoms with Crippen molar-refractivity contribution in [3.63, 3.8) is 0 Å². The first-order valence-corrected chi connectivity index (χ1v) is 9.29. The van der Waals surface area contributed by atoms with E-state index in [2.05, 4.69) is 5.32 Å². The number of rotatable bonds is 8. The van der Waals surface area contributed by atoms with Crippen LogP contribution in [0.1, 0.15) is 19.4 Å². The molecule has 2 aromatic rings. The normalized spacial score (nSPS) is 12.7. The Labute approximate surface area is 168 Å². The summed E-state index contributed by atoms with van der Waals surface area (Å²) in [5.41, 5.74) is 0.905. The molecule has 0 aromatic heterocycles. The topological polar surface area (TPSA) is 64.6 Å². The number of carbonyl (C=O) groups is 2. The first-order valence-electron chi connectivity index (χ1n) is 8.54. The van der Waals surface area contributed by atoms with Gasteiger partial charge < -0.3 is 14.8 Å². The second-order valence-corrected chi connectivity index (χ2v) is 6.60. The highest BCUT2D eigenvalue weighted by molar-refractivity contribution is 6.42. The lowest BCUT2D eigenvalue weighted by molar-refractivity contribution is -0.148. The summed E-state index contributed by atoms with van der Waals surface area (Å²) in [4.78, 5) is 24.8. The summed E-state index contributed by atoms with van der Waals surface area (Å²) in [6.45, 7) is 3.51. The van der Waals surface area contributed by atoms with Gasteiger partial charge in [-0.3, -0.25) is 4.79 Å². The monoisotopic (exact) mass is 409 g/mol. The second kappa shape index (κ2) is 10.2. The Morgan fingerprint density at radius 3 is 2.44 bits per heavy atom. The van der Waals surface area contributed by atoms with E-state index in [-0.39, 0.29) is 11.6 Å². The molecule has 2 atom stereocenters. The molecule has 1 N–H and O–H groups in total. The minimum Gasteiger partial charge on any atom is -0.479 e. The van der Waals surface area contributed by atoms with Crippen LogP contribution in [0.15, 0.2) is 48.5 Å². The molecule has 7 heteroatoms. The first-order chi connectivity index (χ1) is 12.9. The van der Waals surface area contributed by atoms with Gasteiger partial charge in [-0.2, -0.15) is 0 Å². The fourth-order valence-electron chi connectivity index (χ4n) is 2.39. The van der Waals surface area contributed by atoms with Crippen LogP contribution in [0.5, 0.6) is 5.75 Å². The summed E-state index contributed by atoms with van der Waals surface area (Å²) in [5.74, 6) is -0.662. The van der Waals surface area contributed by atoms with E-state index < -0.39 is 24.0 Å². The Balaban J connectivity index is 2.07. The van der Waals surface area contributed by atoms with Crippen LogP contribution < -0.4 is 10.1 Å². The standard InChI is InChI=1S/C20H21Cl2NO4/c1-3-26-20(25)16(12-14-8-5-4-6-9-14)23-19(24)13(2)27-17-11-7-10-15(21)18(17)22/h4-11,13,16H,3,12H2,1-2H3,(H,23,24). The van der Waals surface area contributed by atoms with Crippen molar-refractivity contribution in [3.8, 4) is 5.75 Å². The van der Waals surface area contributed by atoms with E-state index in [0.29, 0.717) is 17.2 Å². The molecule has 0 saturated carbocycles. The van der Waals surface area contributed by atoms with Crippen molar-refractivity contribution in [2.75, 3.05) is 6.61 Å². The largest absolute Gasteiger partial charge is 0.479 e. The van der Waals surface area contributed by atoms with E-state index >= 15 is 0 Å². The van der Waals surface area contributed by atoms with Crippen LogP contribution in [-0.4, -0.2) is 30.6 Å². The third-order valence-electron chi connectivity index (χ3n) is 3.76. The van der Waals surface area contributed by atoms with Gasteiger partial charge in [0.2, 0.25) is 0 Å². The Morgan fingerprint density at radius 1 is 1.07 bits per heavy atom. The zero-order valence-electron chi connectivity index (χ0n) is 15.1. The van der Waals surface area contributed by atoms with Crippen molar-refractivity contribution in [2.45, 2.75) is 32.4 Å². The van der Waals surface area contributed by atoms with Crippen molar-refractivity contribution in [2.24, 2.45) is 0 Å². The maximum Gasteiger partial charge on any atom is 0.328 e. The molecule has 0 heterocycles. The Morgan fingerprint density at radius 2 is 1.78 bits per heavy atom. The van der Waals surface area contributed by atoms with E-state index in [4.69, 9.17) is 32.7 Å². The molecular formula is C20H21Cl2NO4. The van der Waals surface area contributed by atoms with Crippen LogP contribution in [0.4, 0.5) is 0 Å². The van der Waals surface area contributed by atoms with Gasteiger partial charge in [-0.15, -0.1) is 0 Å². The minimum atomic E-state index is -0.881. The van der Waals surface area contributed by atoms with E-state index in [1.807, 2.05) is 30.3 Å². The summed E-state index contributed by atoms with van der Waals surface area (Å²) >= 11 is 12.0. The average molecular weight is 410 g/mol. The molecule has 0 aliphatic carbocycles. The van der Waals surface area contributed by atoms with Gasteiger partial charge in [0.1, 0.15) is 16.8 Å². The summed E-state index contributed by atoms with van der Waals surface area (Å²) in [7, 11) is 0. The van der Waals surface area contributed by atoms with E-state index in [1.54, 1.807) is 32.0 Å². The van der Waals surface area contributed by atoms with Crippen molar-refractivity contribution < 1.29 is 19.1 Å². The van der Waals surface area contributed by atoms with Crippen molar-refractivity contribution >= 4 is 35.1 Å². The van der Waals surface area contributed by atoms with Gasteiger partial charge in [0.05, 0.1) is 11.6 Å². The van der Waals surface area contributed by atoms with Crippen molar-refractivity contribution in [3.05, 3.63) is 64.1 Å². The lowest BCUT2D eigenvalue weighted by Gasteiger charge is -2.21. The number of ether oxygens (including phenoxy) is 2. The predicted molar refractivity (Wildman–Crippen MR) is 105 cm³/mol. The van der Waals surface area contributed by atoms with Gasteiger partial charge in [-0.25, -0.2) is 4.79 Å². The molecule has 2 rings (SSSR count). The Hall–Kier alpha value is -2.24. The molecule has 0 saturated heterocycles. The van der Waals surface area contributed by atoms with Crippen molar-refractivity contribution in [1.82, 2.24) is 5.32 Å². The van der Waals surface area contributed by atoms with Crippen LogP contribution in [0.3, 0.4) is 0 Å². The number of carbonyl (C=O) groups excluding carboxylic acids is 2. The third-order valence-corrected chi connectivity index (χ3v) is 4.56. The Bertz CT molecular complexity index is 783. The van der Waals surface area contributed by atoms with Gasteiger partial charge in [-0.1, -0.05) is 59.6 Å². The molecule has 1 amide bonds. The van der Waals surface area contributed by atoms with Crippen LogP contribution in [-0.2, 0) is 20.7 Å². The first kappa shape index (κ1) is 21.1. The number of hydrogen-bond acceptors (Lipinski definition) is 4. The zero-order valence-corrected chi connectivity index (χ0v) is 16.6. The number of nitrogens with one attached hydrogen (secondary N) is 1. The molecule has 27 heavy (non-hydrogen) atoms.